The summed E-state index contributed by atoms with van der Waals surface area (Å²) in [5, 5.41) is 3.36. The van der Waals surface area contributed by atoms with Gasteiger partial charge in [-0.25, -0.2) is 0 Å². The number of aromatic nitrogens is 1. The molecule has 0 bridgehead atoms. The van der Waals surface area contributed by atoms with Crippen molar-refractivity contribution in [3.8, 4) is 5.75 Å². The van der Waals surface area contributed by atoms with Crippen LogP contribution in [0.5, 0.6) is 5.75 Å². The largest absolute Gasteiger partial charge is 0.494 e. The maximum atomic E-state index is 13.0. The zero-order valence-electron chi connectivity index (χ0n) is 15.1. The summed E-state index contributed by atoms with van der Waals surface area (Å²) in [6, 6.07) is 11.3. The molecule has 0 aliphatic carbocycles. The number of hydrogen-bond donors (Lipinski definition) is 1. The minimum absolute atomic E-state index is 0.00470. The van der Waals surface area contributed by atoms with Crippen LogP contribution in [-0.2, 0) is 4.74 Å². The van der Waals surface area contributed by atoms with Crippen LogP contribution in [0.25, 0.3) is 0 Å². The van der Waals surface area contributed by atoms with Gasteiger partial charge in [-0.3, -0.25) is 9.78 Å². The summed E-state index contributed by atoms with van der Waals surface area (Å²) in [6.07, 6.45) is 4.41. The second kappa shape index (κ2) is 9.31. The third-order valence-electron chi connectivity index (χ3n) is 4.44. The highest BCUT2D eigenvalue weighted by molar-refractivity contribution is 5.94. The van der Waals surface area contributed by atoms with E-state index in [0.717, 1.165) is 30.8 Å². The fourth-order valence-corrected chi connectivity index (χ4v) is 3.07. The van der Waals surface area contributed by atoms with Crippen molar-refractivity contribution in [1.82, 2.24) is 15.2 Å². The molecule has 1 aliphatic heterocycles. The summed E-state index contributed by atoms with van der Waals surface area (Å²) < 4.78 is 10.7. The van der Waals surface area contributed by atoms with Gasteiger partial charge in [-0.15, -0.1) is 0 Å². The number of nitrogens with zero attached hydrogens (tertiary/aromatic N) is 2. The van der Waals surface area contributed by atoms with E-state index in [1.165, 1.54) is 0 Å². The molecule has 6 heteroatoms. The van der Waals surface area contributed by atoms with Gasteiger partial charge in [-0.2, -0.15) is 0 Å². The summed E-state index contributed by atoms with van der Waals surface area (Å²) >= 11 is 0. The third-order valence-corrected chi connectivity index (χ3v) is 4.44. The molecule has 1 atom stereocenters. The van der Waals surface area contributed by atoms with Crippen molar-refractivity contribution >= 4 is 5.91 Å². The second-order valence-electron chi connectivity index (χ2n) is 6.22. The number of pyridine rings is 1. The number of ether oxygens (including phenoxy) is 2. The van der Waals surface area contributed by atoms with Crippen LogP contribution in [0.15, 0.2) is 48.8 Å². The lowest BCUT2D eigenvalue weighted by molar-refractivity contribution is 0.0634. The molecular weight excluding hydrogens is 330 g/mol. The van der Waals surface area contributed by atoms with Gasteiger partial charge in [-0.05, 0) is 35.9 Å². The second-order valence-corrected chi connectivity index (χ2v) is 6.22. The number of benzene rings is 1. The predicted molar refractivity (Wildman–Crippen MR) is 99.3 cm³/mol. The lowest BCUT2D eigenvalue weighted by Crippen LogP contribution is -2.48. The van der Waals surface area contributed by atoms with E-state index >= 15 is 0 Å². The van der Waals surface area contributed by atoms with Gasteiger partial charge in [0.05, 0.1) is 12.6 Å². The van der Waals surface area contributed by atoms with E-state index in [1.54, 1.807) is 13.3 Å². The first-order valence-electron chi connectivity index (χ1n) is 8.93. The van der Waals surface area contributed by atoms with Gasteiger partial charge in [0.25, 0.3) is 5.91 Å². The maximum Gasteiger partial charge on any atom is 0.254 e. The molecule has 138 valence electrons. The Labute approximate surface area is 154 Å². The molecule has 1 aromatic heterocycles. The quantitative estimate of drug-likeness (QED) is 0.772. The molecule has 0 saturated carbocycles. The molecule has 1 aliphatic rings. The molecule has 1 N–H and O–H groups in total. The van der Waals surface area contributed by atoms with Gasteiger partial charge in [0.15, 0.2) is 0 Å². The molecule has 2 aromatic rings. The monoisotopic (exact) mass is 355 g/mol. The Kier molecular flexibility index (Phi) is 6.57. The number of amides is 1. The van der Waals surface area contributed by atoms with Crippen LogP contribution in [0.3, 0.4) is 0 Å². The minimum atomic E-state index is -0.00470. The lowest BCUT2D eigenvalue weighted by Gasteiger charge is -2.36. The van der Waals surface area contributed by atoms with Crippen LogP contribution in [0, 0.1) is 0 Å². The predicted octanol–water partition coefficient (Wildman–Crippen LogP) is 2.28. The standard InChI is InChI=1S/C20H25N3O3/c1-25-12-3-13-26-18-7-5-16(6-8-18)20(24)23-11-10-22-15-19(23)17-4-2-9-21-14-17/h2,4-9,14,19,22H,3,10-13,15H2,1H3. The number of rotatable bonds is 7. The first kappa shape index (κ1) is 18.4. The molecule has 1 aromatic carbocycles. The summed E-state index contributed by atoms with van der Waals surface area (Å²) in [4.78, 5) is 19.1. The minimum Gasteiger partial charge on any atom is -0.494 e. The van der Waals surface area contributed by atoms with Crippen molar-refractivity contribution in [3.05, 3.63) is 59.9 Å². The number of hydrogen-bond acceptors (Lipinski definition) is 5. The van der Waals surface area contributed by atoms with E-state index in [1.807, 2.05) is 47.5 Å². The average molecular weight is 355 g/mol. The summed E-state index contributed by atoms with van der Waals surface area (Å²) in [7, 11) is 1.68. The molecule has 6 nitrogen and oxygen atoms in total. The summed E-state index contributed by atoms with van der Waals surface area (Å²) in [5.74, 6) is 0.799. The smallest absolute Gasteiger partial charge is 0.254 e. The van der Waals surface area contributed by atoms with Crippen molar-refractivity contribution in [2.75, 3.05) is 40.0 Å². The number of methoxy groups -OCH3 is 1. The van der Waals surface area contributed by atoms with Crippen molar-refractivity contribution in [3.63, 3.8) is 0 Å². The zero-order chi connectivity index (χ0) is 18.2. The highest BCUT2D eigenvalue weighted by Crippen LogP contribution is 2.24. The normalized spacial score (nSPS) is 17.1. The van der Waals surface area contributed by atoms with Crippen LogP contribution in [-0.4, -0.2) is 55.7 Å². The molecule has 0 spiro atoms. The zero-order valence-corrected chi connectivity index (χ0v) is 15.1. The van der Waals surface area contributed by atoms with Gasteiger partial charge >= 0.3 is 0 Å². The Balaban J connectivity index is 1.67. The molecule has 1 fully saturated rings. The lowest BCUT2D eigenvalue weighted by atomic mass is 10.0. The first-order valence-corrected chi connectivity index (χ1v) is 8.93. The van der Waals surface area contributed by atoms with E-state index in [-0.39, 0.29) is 11.9 Å². The number of nitrogens with one attached hydrogen (secondary N) is 1. The number of carbonyl (C=O) groups is 1. The summed E-state index contributed by atoms with van der Waals surface area (Å²) in [5.41, 5.74) is 1.72. The van der Waals surface area contributed by atoms with E-state index in [4.69, 9.17) is 9.47 Å². The van der Waals surface area contributed by atoms with Gasteiger partial charge < -0.3 is 19.7 Å². The topological polar surface area (TPSA) is 63.7 Å². The Morgan fingerprint density at radius 3 is 2.85 bits per heavy atom. The molecule has 1 saturated heterocycles. The van der Waals surface area contributed by atoms with Crippen molar-refractivity contribution in [1.29, 1.82) is 0 Å². The number of piperazine rings is 1. The van der Waals surface area contributed by atoms with E-state index < -0.39 is 0 Å². The van der Waals surface area contributed by atoms with Crippen molar-refractivity contribution < 1.29 is 14.3 Å². The molecule has 2 heterocycles. The van der Waals surface area contributed by atoms with Crippen LogP contribution < -0.4 is 10.1 Å². The molecule has 3 rings (SSSR count). The molecule has 1 amide bonds. The fraction of sp³-hybridized carbons (Fsp3) is 0.400. The van der Waals surface area contributed by atoms with Gasteiger partial charge in [0.2, 0.25) is 0 Å². The average Bonchev–Trinajstić information content (AvgIpc) is 2.72. The van der Waals surface area contributed by atoms with Crippen LogP contribution >= 0.6 is 0 Å². The Morgan fingerprint density at radius 1 is 1.27 bits per heavy atom. The molecular formula is C20H25N3O3. The Bertz CT molecular complexity index is 691. The van der Waals surface area contributed by atoms with Crippen LogP contribution in [0.4, 0.5) is 0 Å². The van der Waals surface area contributed by atoms with Gasteiger partial charge in [0.1, 0.15) is 5.75 Å². The SMILES string of the molecule is COCCCOc1ccc(C(=O)N2CCNCC2c2cccnc2)cc1. The molecule has 26 heavy (non-hydrogen) atoms. The highest BCUT2D eigenvalue weighted by atomic mass is 16.5. The van der Waals surface area contributed by atoms with Crippen LogP contribution in [0.2, 0.25) is 0 Å². The Morgan fingerprint density at radius 2 is 2.12 bits per heavy atom. The van der Waals surface area contributed by atoms with E-state index in [2.05, 4.69) is 10.3 Å². The van der Waals surface area contributed by atoms with Gasteiger partial charge in [-0.1, -0.05) is 6.07 Å². The van der Waals surface area contributed by atoms with Crippen LogP contribution in [0.1, 0.15) is 28.4 Å². The molecule has 1 unspecified atom stereocenters. The summed E-state index contributed by atoms with van der Waals surface area (Å²) in [6.45, 7) is 3.48. The Hall–Kier alpha value is -2.44. The van der Waals surface area contributed by atoms with Crippen molar-refractivity contribution in [2.24, 2.45) is 0 Å². The van der Waals surface area contributed by atoms with E-state index in [0.29, 0.717) is 25.3 Å². The van der Waals surface area contributed by atoms with Crippen molar-refractivity contribution in [2.45, 2.75) is 12.5 Å². The number of carbonyl (C=O) groups excluding carboxylic acids is 1. The maximum absolute atomic E-state index is 13.0. The first-order chi connectivity index (χ1) is 12.8. The van der Waals surface area contributed by atoms with E-state index in [9.17, 15) is 4.79 Å². The highest BCUT2D eigenvalue weighted by Gasteiger charge is 2.28. The molecule has 0 radical (unpaired) electrons. The van der Waals surface area contributed by atoms with Gasteiger partial charge in [0, 0.05) is 57.7 Å². The fourth-order valence-electron chi connectivity index (χ4n) is 3.07. The third kappa shape index (κ3) is 4.59.